The first-order valence-corrected chi connectivity index (χ1v) is 15.0. The van der Waals surface area contributed by atoms with E-state index in [0.717, 1.165) is 26.4 Å². The van der Waals surface area contributed by atoms with Crippen LogP contribution in [-0.4, -0.2) is 54.1 Å². The fourth-order valence-electron chi connectivity index (χ4n) is 5.37. The van der Waals surface area contributed by atoms with Crippen LogP contribution in [-0.2, 0) is 25.2 Å². The minimum Gasteiger partial charge on any atom is -0.368 e. The number of carbonyl (C=O) groups is 2. The van der Waals surface area contributed by atoms with E-state index >= 15 is 0 Å². The molecule has 2 aromatic rings. The highest BCUT2D eigenvalue weighted by Gasteiger charge is 2.46. The maximum atomic E-state index is 14.4. The Bertz CT molecular complexity index is 1370. The third kappa shape index (κ3) is 6.83. The quantitative estimate of drug-likeness (QED) is 0.478. The molecule has 2 heterocycles. The van der Waals surface area contributed by atoms with E-state index in [1.165, 1.54) is 6.20 Å². The number of nitrogens with two attached hydrogens (primary N) is 1. The van der Waals surface area contributed by atoms with Gasteiger partial charge >= 0.3 is 10.2 Å². The van der Waals surface area contributed by atoms with Crippen LogP contribution < -0.4 is 15.4 Å². The summed E-state index contributed by atoms with van der Waals surface area (Å²) in [7, 11) is -4.63. The number of benzene rings is 1. The van der Waals surface area contributed by atoms with Crippen LogP contribution in [0.3, 0.4) is 0 Å². The summed E-state index contributed by atoms with van der Waals surface area (Å²) < 4.78 is 72.5. The number of rotatable bonds is 8. The molecule has 3 N–H and O–H groups in total. The van der Waals surface area contributed by atoms with Gasteiger partial charge in [-0.15, -0.1) is 0 Å². The lowest BCUT2D eigenvalue weighted by Crippen LogP contribution is -2.54. The van der Waals surface area contributed by atoms with Gasteiger partial charge in [-0.2, -0.15) is 12.7 Å². The van der Waals surface area contributed by atoms with Gasteiger partial charge < -0.3 is 11.1 Å². The smallest absolute Gasteiger partial charge is 0.305 e. The number of hydrogen-bond donors (Lipinski definition) is 2. The maximum Gasteiger partial charge on any atom is 0.305 e. The molecule has 1 saturated heterocycles. The Balaban J connectivity index is 1.84. The number of halogens is 3. The van der Waals surface area contributed by atoms with Crippen molar-refractivity contribution in [3.63, 3.8) is 0 Å². The number of nitrogens with one attached hydrogen (secondary N) is 1. The third-order valence-electron chi connectivity index (χ3n) is 7.65. The Labute approximate surface area is 238 Å². The molecule has 1 aromatic heterocycles. The van der Waals surface area contributed by atoms with Gasteiger partial charge in [0, 0.05) is 37.2 Å². The van der Waals surface area contributed by atoms with Crippen molar-refractivity contribution in [1.82, 2.24) is 14.6 Å². The molecule has 1 aliphatic carbocycles. The molecule has 4 rings (SSSR count). The zero-order chi connectivity index (χ0) is 30.2. The average Bonchev–Trinajstić information content (AvgIpc) is 3.39. The predicted octanol–water partition coefficient (Wildman–Crippen LogP) is 3.95. The monoisotopic (exact) mass is 595 g/mol. The van der Waals surface area contributed by atoms with Gasteiger partial charge in [-0.1, -0.05) is 32.9 Å². The normalized spacial score (nSPS) is 20.9. The molecule has 0 radical (unpaired) electrons. The van der Waals surface area contributed by atoms with E-state index in [9.17, 15) is 31.2 Å². The molecule has 1 aliphatic heterocycles. The highest BCUT2D eigenvalue weighted by Crippen LogP contribution is 2.37. The first kappa shape index (κ1) is 30.8. The Kier molecular flexibility index (Phi) is 8.70. The van der Waals surface area contributed by atoms with Crippen LogP contribution in [0.15, 0.2) is 42.7 Å². The van der Waals surface area contributed by atoms with Crippen molar-refractivity contribution in [2.45, 2.75) is 88.8 Å². The Morgan fingerprint density at radius 3 is 2.32 bits per heavy atom. The van der Waals surface area contributed by atoms with Crippen LogP contribution in [0.4, 0.5) is 18.9 Å². The Morgan fingerprint density at radius 2 is 1.76 bits per heavy atom. The molecule has 2 fully saturated rings. The highest BCUT2D eigenvalue weighted by molar-refractivity contribution is 7.90. The van der Waals surface area contributed by atoms with E-state index in [2.05, 4.69) is 10.3 Å². The Morgan fingerprint density at radius 1 is 1.12 bits per heavy atom. The predicted molar refractivity (Wildman–Crippen MR) is 148 cm³/mol. The van der Waals surface area contributed by atoms with E-state index in [1.54, 1.807) is 24.3 Å². The third-order valence-corrected chi connectivity index (χ3v) is 9.60. The summed E-state index contributed by atoms with van der Waals surface area (Å²) >= 11 is 0. The van der Waals surface area contributed by atoms with E-state index in [4.69, 9.17) is 5.73 Å². The van der Waals surface area contributed by atoms with Crippen LogP contribution >= 0.6 is 0 Å². The fourth-order valence-corrected chi connectivity index (χ4v) is 7.36. The largest absolute Gasteiger partial charge is 0.368 e. The van der Waals surface area contributed by atoms with Gasteiger partial charge in [-0.3, -0.25) is 14.6 Å². The van der Waals surface area contributed by atoms with Crippen molar-refractivity contribution in [2.75, 3.05) is 10.8 Å². The number of amides is 2. The number of primary amides is 1. The molecule has 2 unspecified atom stereocenters. The van der Waals surface area contributed by atoms with Gasteiger partial charge in [0.15, 0.2) is 6.04 Å². The topological polar surface area (TPSA) is 126 Å². The first-order valence-electron chi connectivity index (χ1n) is 13.6. The van der Waals surface area contributed by atoms with Crippen LogP contribution in [0, 0.1) is 5.82 Å². The van der Waals surface area contributed by atoms with E-state index in [-0.39, 0.29) is 42.5 Å². The van der Waals surface area contributed by atoms with Gasteiger partial charge in [0.05, 0.1) is 11.9 Å². The van der Waals surface area contributed by atoms with Gasteiger partial charge in [0.1, 0.15) is 11.9 Å². The first-order chi connectivity index (χ1) is 19.1. The summed E-state index contributed by atoms with van der Waals surface area (Å²) in [6, 6.07) is 4.12. The lowest BCUT2D eigenvalue weighted by atomic mass is 9.87. The molecule has 1 aromatic carbocycles. The van der Waals surface area contributed by atoms with Crippen molar-refractivity contribution >= 4 is 27.7 Å². The number of aromatic nitrogens is 1. The molecule has 2 aliphatic rings. The van der Waals surface area contributed by atoms with Gasteiger partial charge in [0.25, 0.3) is 0 Å². The molecule has 9 nitrogen and oxygen atoms in total. The van der Waals surface area contributed by atoms with Gasteiger partial charge in [0.2, 0.25) is 17.7 Å². The van der Waals surface area contributed by atoms with E-state index < -0.39 is 64.7 Å². The molecule has 224 valence electrons. The molecule has 2 atom stereocenters. The summed E-state index contributed by atoms with van der Waals surface area (Å²) in [5.74, 6) is -5.29. The second kappa shape index (κ2) is 11.6. The second-order valence-electron chi connectivity index (χ2n) is 11.7. The number of pyridine rings is 1. The van der Waals surface area contributed by atoms with Crippen LogP contribution in [0.2, 0.25) is 0 Å². The minimum absolute atomic E-state index is 0.00420. The summed E-state index contributed by atoms with van der Waals surface area (Å²) in [5, 5.41) is 2.72. The number of anilines is 1. The number of alkyl halides is 2. The van der Waals surface area contributed by atoms with Gasteiger partial charge in [-0.25, -0.2) is 17.5 Å². The summed E-state index contributed by atoms with van der Waals surface area (Å²) in [6.07, 6.45) is 1.83. The van der Waals surface area contributed by atoms with E-state index in [1.807, 2.05) is 20.8 Å². The molecule has 0 bridgehead atoms. The SMILES string of the molecule is CC(C)(C)c1ccc(N(C(C(=O)NC2CCC(F)(F)CC2)c2cncc(F)c2)S(=O)(=O)N2CCCC2C(N)=O)cc1. The van der Waals surface area contributed by atoms with Crippen LogP contribution in [0.1, 0.15) is 76.5 Å². The number of carbonyl (C=O) groups excluding carboxylic acids is 2. The van der Waals surface area contributed by atoms with Crippen molar-refractivity contribution in [1.29, 1.82) is 0 Å². The second-order valence-corrected chi connectivity index (χ2v) is 13.5. The standard InChI is InChI=1S/C28H36F3N5O4S/c1-27(2,3)19-6-8-22(9-7-19)36(41(39,40)35-14-4-5-23(35)25(32)37)24(18-15-20(29)17-33-16-18)26(38)34-21-10-12-28(30,31)13-11-21/h6-9,15-17,21,23-24H,4-5,10-14H2,1-3H3,(H2,32,37)(H,34,38). The molecule has 2 amide bonds. The summed E-state index contributed by atoms with van der Waals surface area (Å²) in [4.78, 5) is 30.0. The average molecular weight is 596 g/mol. The van der Waals surface area contributed by atoms with E-state index in [0.29, 0.717) is 6.42 Å². The van der Waals surface area contributed by atoms with Crippen LogP contribution in [0.25, 0.3) is 0 Å². The lowest BCUT2D eigenvalue weighted by molar-refractivity contribution is -0.124. The lowest BCUT2D eigenvalue weighted by Gasteiger charge is -2.37. The molecule has 1 saturated carbocycles. The van der Waals surface area contributed by atoms with Crippen LogP contribution in [0.5, 0.6) is 0 Å². The van der Waals surface area contributed by atoms with Crippen molar-refractivity contribution in [2.24, 2.45) is 5.73 Å². The van der Waals surface area contributed by atoms with Gasteiger partial charge in [-0.05, 0) is 54.9 Å². The zero-order valence-corrected chi connectivity index (χ0v) is 24.1. The van der Waals surface area contributed by atoms with Crippen molar-refractivity contribution in [3.05, 3.63) is 59.7 Å². The Hall–Kier alpha value is -3.19. The number of nitrogens with zero attached hydrogens (tertiary/aromatic N) is 3. The zero-order valence-electron chi connectivity index (χ0n) is 23.3. The number of hydrogen-bond acceptors (Lipinski definition) is 5. The molecule has 13 heteroatoms. The van der Waals surface area contributed by atoms with Crippen molar-refractivity contribution in [3.8, 4) is 0 Å². The maximum absolute atomic E-state index is 14.4. The molecular weight excluding hydrogens is 559 g/mol. The molecular formula is C28H36F3N5O4S. The summed E-state index contributed by atoms with van der Waals surface area (Å²) in [5.41, 5.74) is 6.19. The molecule has 41 heavy (non-hydrogen) atoms. The fraction of sp³-hybridized carbons (Fsp3) is 0.536. The molecule has 0 spiro atoms. The summed E-state index contributed by atoms with van der Waals surface area (Å²) in [6.45, 7) is 5.95. The van der Waals surface area contributed by atoms with Crippen molar-refractivity contribution < 1.29 is 31.2 Å². The minimum atomic E-state index is -4.63. The highest BCUT2D eigenvalue weighted by atomic mass is 32.2.